The zero-order valence-corrected chi connectivity index (χ0v) is 9.60. The fourth-order valence-electron chi connectivity index (χ4n) is 1.54. The molecule has 0 amide bonds. The average Bonchev–Trinajstić information content (AvgIpc) is 2.20. The lowest BCUT2D eigenvalue weighted by atomic mass is 10.00. The van der Waals surface area contributed by atoms with E-state index in [-0.39, 0.29) is 0 Å². The maximum Gasteiger partial charge on any atom is -0.00369 e. The Hall–Kier alpha value is -0.120. The van der Waals surface area contributed by atoms with Gasteiger partial charge in [0, 0.05) is 0 Å². The summed E-state index contributed by atoms with van der Waals surface area (Å²) in [4.78, 5) is 0. The fourth-order valence-corrected chi connectivity index (χ4v) is 1.54. The lowest BCUT2D eigenvalue weighted by Gasteiger charge is -2.10. The van der Waals surface area contributed by atoms with Crippen molar-refractivity contribution in [3.05, 3.63) is 0 Å². The molecule has 0 aromatic rings. The number of nitrogens with one attached hydrogen (secondary N) is 1. The van der Waals surface area contributed by atoms with E-state index in [1.807, 2.05) is 0 Å². The highest BCUT2D eigenvalue weighted by Crippen LogP contribution is 2.11. The molecule has 0 saturated carbocycles. The van der Waals surface area contributed by atoms with Gasteiger partial charge in [-0.1, -0.05) is 6.92 Å². The molecular weight excluding hydrogens is 174 g/mol. The second-order valence-electron chi connectivity index (χ2n) is 4.07. The Bertz CT molecular complexity index is 107. The van der Waals surface area contributed by atoms with Gasteiger partial charge in [0.25, 0.3) is 0 Å². The highest BCUT2D eigenvalue weighted by Gasteiger charge is 2.00. The first-order valence-corrected chi connectivity index (χ1v) is 5.92. The molecule has 0 aliphatic carbocycles. The monoisotopic (exact) mass is 201 g/mol. The van der Waals surface area contributed by atoms with Gasteiger partial charge in [-0.15, -0.1) is 0 Å². The van der Waals surface area contributed by atoms with E-state index >= 15 is 0 Å². The molecule has 86 valence electrons. The molecule has 0 aliphatic rings. The molecule has 0 fully saturated rings. The molecule has 0 spiro atoms. The third kappa shape index (κ3) is 9.96. The molecule has 3 heteroatoms. The van der Waals surface area contributed by atoms with Gasteiger partial charge in [0.2, 0.25) is 0 Å². The number of nitrogens with two attached hydrogens (primary N) is 2. The Morgan fingerprint density at radius 3 is 2.14 bits per heavy atom. The molecule has 3 nitrogen and oxygen atoms in total. The largest absolute Gasteiger partial charge is 0.330 e. The molecule has 5 N–H and O–H groups in total. The van der Waals surface area contributed by atoms with Crippen molar-refractivity contribution >= 4 is 0 Å². The van der Waals surface area contributed by atoms with Gasteiger partial charge < -0.3 is 16.8 Å². The molecule has 0 radical (unpaired) electrons. The Morgan fingerprint density at radius 1 is 0.929 bits per heavy atom. The minimum absolute atomic E-state index is 0.792. The predicted octanol–water partition coefficient (Wildman–Crippen LogP) is 1.08. The van der Waals surface area contributed by atoms with E-state index in [0.29, 0.717) is 0 Å². The van der Waals surface area contributed by atoms with E-state index in [2.05, 4.69) is 12.2 Å². The van der Waals surface area contributed by atoms with Gasteiger partial charge in [-0.25, -0.2) is 0 Å². The first kappa shape index (κ1) is 13.9. The van der Waals surface area contributed by atoms with E-state index in [0.717, 1.165) is 38.5 Å². The Kier molecular flexibility index (Phi) is 10.9. The molecule has 0 bridgehead atoms. The van der Waals surface area contributed by atoms with E-state index in [4.69, 9.17) is 11.5 Å². The number of hydrogen-bond acceptors (Lipinski definition) is 3. The SMILES string of the molecule is CC(CCCN)CCCNCCCN. The van der Waals surface area contributed by atoms with Crippen LogP contribution in [0.3, 0.4) is 0 Å². The molecule has 0 aromatic heterocycles. The maximum atomic E-state index is 5.46. The molecule has 1 atom stereocenters. The maximum absolute atomic E-state index is 5.46. The van der Waals surface area contributed by atoms with Crippen LogP contribution >= 0.6 is 0 Å². The summed E-state index contributed by atoms with van der Waals surface area (Å²) in [6, 6.07) is 0. The molecule has 1 unspecified atom stereocenters. The van der Waals surface area contributed by atoms with Gasteiger partial charge in [-0.2, -0.15) is 0 Å². The van der Waals surface area contributed by atoms with Gasteiger partial charge >= 0.3 is 0 Å². The van der Waals surface area contributed by atoms with Crippen molar-refractivity contribution in [3.63, 3.8) is 0 Å². The highest BCUT2D eigenvalue weighted by atomic mass is 14.8. The van der Waals surface area contributed by atoms with Crippen molar-refractivity contribution in [2.45, 2.75) is 39.0 Å². The molecular formula is C11H27N3. The van der Waals surface area contributed by atoms with Crippen molar-refractivity contribution < 1.29 is 0 Å². The summed E-state index contributed by atoms with van der Waals surface area (Å²) in [5, 5.41) is 3.39. The van der Waals surface area contributed by atoms with Crippen LogP contribution in [0, 0.1) is 5.92 Å². The number of hydrogen-bond donors (Lipinski definition) is 3. The Labute approximate surface area is 88.6 Å². The minimum Gasteiger partial charge on any atom is -0.330 e. The second kappa shape index (κ2) is 11.0. The van der Waals surface area contributed by atoms with Crippen LogP contribution in [-0.2, 0) is 0 Å². The van der Waals surface area contributed by atoms with Gasteiger partial charge in [-0.05, 0) is 64.2 Å². The average molecular weight is 201 g/mol. The predicted molar refractivity (Wildman–Crippen MR) is 63.2 cm³/mol. The van der Waals surface area contributed by atoms with E-state index in [1.165, 1.54) is 25.7 Å². The van der Waals surface area contributed by atoms with Gasteiger partial charge in [0.05, 0.1) is 0 Å². The van der Waals surface area contributed by atoms with Crippen LogP contribution in [0.2, 0.25) is 0 Å². The molecule has 14 heavy (non-hydrogen) atoms. The lowest BCUT2D eigenvalue weighted by molar-refractivity contribution is 0.452. The van der Waals surface area contributed by atoms with Crippen LogP contribution in [0.1, 0.15) is 39.0 Å². The summed E-state index contributed by atoms with van der Waals surface area (Å²) in [7, 11) is 0. The molecule has 0 rings (SSSR count). The summed E-state index contributed by atoms with van der Waals surface area (Å²) in [5.41, 5.74) is 10.9. The van der Waals surface area contributed by atoms with Gasteiger partial charge in [0.15, 0.2) is 0 Å². The van der Waals surface area contributed by atoms with Crippen LogP contribution < -0.4 is 16.8 Å². The second-order valence-corrected chi connectivity index (χ2v) is 4.07. The summed E-state index contributed by atoms with van der Waals surface area (Å²) < 4.78 is 0. The van der Waals surface area contributed by atoms with Crippen molar-refractivity contribution in [2.75, 3.05) is 26.2 Å². The minimum atomic E-state index is 0.792. The summed E-state index contributed by atoms with van der Waals surface area (Å²) in [5.74, 6) is 0.829. The fraction of sp³-hybridized carbons (Fsp3) is 1.00. The normalized spacial score (nSPS) is 13.1. The molecule has 0 saturated heterocycles. The summed E-state index contributed by atoms with van der Waals surface area (Å²) >= 11 is 0. The van der Waals surface area contributed by atoms with Crippen LogP contribution in [0.5, 0.6) is 0 Å². The van der Waals surface area contributed by atoms with Crippen molar-refractivity contribution in [1.29, 1.82) is 0 Å². The molecule has 0 aromatic carbocycles. The van der Waals surface area contributed by atoms with E-state index in [1.54, 1.807) is 0 Å². The van der Waals surface area contributed by atoms with Crippen LogP contribution in [0.4, 0.5) is 0 Å². The quantitative estimate of drug-likeness (QED) is 0.463. The van der Waals surface area contributed by atoms with E-state index in [9.17, 15) is 0 Å². The van der Waals surface area contributed by atoms with Crippen molar-refractivity contribution in [2.24, 2.45) is 17.4 Å². The molecule has 0 heterocycles. The van der Waals surface area contributed by atoms with Gasteiger partial charge in [-0.3, -0.25) is 0 Å². The van der Waals surface area contributed by atoms with E-state index < -0.39 is 0 Å². The third-order valence-corrected chi connectivity index (χ3v) is 2.51. The van der Waals surface area contributed by atoms with Gasteiger partial charge in [0.1, 0.15) is 0 Å². The summed E-state index contributed by atoms with van der Waals surface area (Å²) in [6.45, 7) is 6.13. The lowest BCUT2D eigenvalue weighted by Crippen LogP contribution is -2.19. The topological polar surface area (TPSA) is 64.1 Å². The Morgan fingerprint density at radius 2 is 1.50 bits per heavy atom. The first-order valence-electron chi connectivity index (χ1n) is 5.92. The zero-order chi connectivity index (χ0) is 10.6. The number of rotatable bonds is 10. The highest BCUT2D eigenvalue weighted by molar-refractivity contribution is 4.56. The Balaban J connectivity index is 3.02. The summed E-state index contributed by atoms with van der Waals surface area (Å²) in [6.07, 6.45) is 6.12. The van der Waals surface area contributed by atoms with Crippen LogP contribution in [0.25, 0.3) is 0 Å². The third-order valence-electron chi connectivity index (χ3n) is 2.51. The zero-order valence-electron chi connectivity index (χ0n) is 9.60. The van der Waals surface area contributed by atoms with Crippen molar-refractivity contribution in [3.8, 4) is 0 Å². The van der Waals surface area contributed by atoms with Crippen LogP contribution in [0.15, 0.2) is 0 Å². The first-order chi connectivity index (χ1) is 6.81. The molecule has 0 aliphatic heterocycles. The smallest absolute Gasteiger partial charge is 0.00369 e. The van der Waals surface area contributed by atoms with Crippen molar-refractivity contribution in [1.82, 2.24) is 5.32 Å². The standard InChI is InChI=1S/C11H27N3/c1-11(5-2-7-12)6-3-9-14-10-4-8-13/h11,14H,2-10,12-13H2,1H3. The van der Waals surface area contributed by atoms with Crippen LogP contribution in [-0.4, -0.2) is 26.2 Å².